The molecule has 0 saturated carbocycles. The highest BCUT2D eigenvalue weighted by atomic mass is 15.2. The molecule has 8 aromatic carbocycles. The normalized spacial score (nSPS) is 16.0. The number of benzene rings is 8. The number of nitrogens with zero attached hydrogens (tertiary/aromatic N) is 4. The second-order valence-electron chi connectivity index (χ2n) is 19.8. The van der Waals surface area contributed by atoms with Gasteiger partial charge in [0.25, 0.3) is 0 Å². The molecule has 8 aromatic rings. The van der Waals surface area contributed by atoms with Crippen LogP contribution in [0.25, 0.3) is 44.5 Å². The van der Waals surface area contributed by atoms with Gasteiger partial charge < -0.3 is 9.80 Å². The van der Waals surface area contributed by atoms with Gasteiger partial charge in [-0.15, -0.1) is 0 Å². The molecule has 4 aliphatic carbocycles. The smallest absolute Gasteiger partial charge is 0.101 e. The summed E-state index contributed by atoms with van der Waals surface area (Å²) in [7, 11) is 0. The highest BCUT2D eigenvalue weighted by Crippen LogP contribution is 2.53. The maximum absolute atomic E-state index is 10.8. The van der Waals surface area contributed by atoms with E-state index in [-0.39, 0.29) is 12.0 Å². The second-order valence-corrected chi connectivity index (χ2v) is 19.8. The minimum Gasteiger partial charge on any atom is -0.329 e. The SMILES string of the molecule is Cc1cccc(-c2ccc(N(C3=C4C=CC5=C6C(=CC=C(C=C3)C46)C(N(c3ccccc3C#N)c3ccc(-c4cccc(C)c4)cc3-c3cccc(C)c3)C=C5)c3ccccc3C#N)c(-c3cccc(C)c3)c2)c1. The van der Waals surface area contributed by atoms with Crippen LogP contribution in [0.3, 0.4) is 0 Å². The molecular weight excluding hydrogens is 897 g/mol. The Kier molecular flexibility index (Phi) is 11.7. The van der Waals surface area contributed by atoms with E-state index in [2.05, 4.69) is 244 Å². The van der Waals surface area contributed by atoms with Crippen molar-refractivity contribution < 1.29 is 0 Å². The lowest BCUT2D eigenvalue weighted by atomic mass is 9.67. The molecule has 0 saturated heterocycles. The number of hydrogen-bond donors (Lipinski definition) is 0. The van der Waals surface area contributed by atoms with E-state index in [0.29, 0.717) is 11.1 Å². The van der Waals surface area contributed by atoms with Crippen molar-refractivity contribution in [1.29, 1.82) is 10.5 Å². The predicted octanol–water partition coefficient (Wildman–Crippen LogP) is 17.4. The number of rotatable bonds is 10. The lowest BCUT2D eigenvalue weighted by molar-refractivity contribution is 0.773. The highest BCUT2D eigenvalue weighted by molar-refractivity contribution is 5.92. The van der Waals surface area contributed by atoms with Crippen molar-refractivity contribution in [2.24, 2.45) is 5.92 Å². The Hall–Kier alpha value is -9.48. The Labute approximate surface area is 434 Å². The molecule has 0 spiro atoms. The van der Waals surface area contributed by atoms with E-state index in [1.54, 1.807) is 0 Å². The Morgan fingerprint density at radius 2 is 0.932 bits per heavy atom. The summed E-state index contributed by atoms with van der Waals surface area (Å²) in [4.78, 5) is 4.71. The van der Waals surface area contributed by atoms with Gasteiger partial charge in [0, 0.05) is 22.7 Å². The van der Waals surface area contributed by atoms with Gasteiger partial charge in [0.05, 0.1) is 39.9 Å². The first kappa shape index (κ1) is 45.6. The minimum atomic E-state index is -0.283. The van der Waals surface area contributed by atoms with E-state index in [0.717, 1.165) is 84.1 Å². The van der Waals surface area contributed by atoms with Crippen molar-refractivity contribution in [1.82, 2.24) is 0 Å². The molecule has 0 radical (unpaired) electrons. The molecule has 74 heavy (non-hydrogen) atoms. The third-order valence-electron chi connectivity index (χ3n) is 14.9. The first-order valence-electron chi connectivity index (χ1n) is 25.3. The van der Waals surface area contributed by atoms with Crippen LogP contribution < -0.4 is 9.80 Å². The second kappa shape index (κ2) is 18.9. The van der Waals surface area contributed by atoms with E-state index in [4.69, 9.17) is 0 Å². The average molecular weight is 949 g/mol. The van der Waals surface area contributed by atoms with Gasteiger partial charge in [-0.3, -0.25) is 0 Å². The van der Waals surface area contributed by atoms with Crippen LogP contribution >= 0.6 is 0 Å². The number of nitriles is 2. The fourth-order valence-corrected chi connectivity index (χ4v) is 11.5. The fourth-order valence-electron chi connectivity index (χ4n) is 11.5. The largest absolute Gasteiger partial charge is 0.329 e. The van der Waals surface area contributed by atoms with Crippen LogP contribution in [-0.4, -0.2) is 6.04 Å². The summed E-state index contributed by atoms with van der Waals surface area (Å²) < 4.78 is 0. The van der Waals surface area contributed by atoms with Crippen molar-refractivity contribution in [3.8, 4) is 56.6 Å². The van der Waals surface area contributed by atoms with Gasteiger partial charge in [-0.2, -0.15) is 10.5 Å². The van der Waals surface area contributed by atoms with Crippen LogP contribution in [0.1, 0.15) is 33.4 Å². The molecule has 0 fully saturated rings. The van der Waals surface area contributed by atoms with E-state index in [1.807, 2.05) is 36.4 Å². The van der Waals surface area contributed by atoms with Crippen LogP contribution in [0.5, 0.6) is 0 Å². The molecule has 4 aliphatic rings. The van der Waals surface area contributed by atoms with Gasteiger partial charge in [0.1, 0.15) is 12.1 Å². The third kappa shape index (κ3) is 8.14. The van der Waals surface area contributed by atoms with Gasteiger partial charge in [-0.25, -0.2) is 0 Å². The van der Waals surface area contributed by atoms with E-state index in [9.17, 15) is 10.5 Å². The van der Waals surface area contributed by atoms with Crippen molar-refractivity contribution in [3.05, 3.63) is 298 Å². The Morgan fingerprint density at radius 3 is 1.53 bits per heavy atom. The van der Waals surface area contributed by atoms with Crippen molar-refractivity contribution >= 4 is 22.7 Å². The predicted molar refractivity (Wildman–Crippen MR) is 305 cm³/mol. The van der Waals surface area contributed by atoms with Crippen LogP contribution in [0, 0.1) is 56.3 Å². The zero-order valence-corrected chi connectivity index (χ0v) is 41.9. The Bertz CT molecular complexity index is 3950. The molecule has 0 aliphatic heterocycles. The number of para-hydroxylation sites is 2. The maximum atomic E-state index is 10.8. The summed E-state index contributed by atoms with van der Waals surface area (Å²) in [5, 5.41) is 21.7. The van der Waals surface area contributed by atoms with E-state index in [1.165, 1.54) is 39.0 Å². The summed E-state index contributed by atoms with van der Waals surface area (Å²) in [6.07, 6.45) is 18.3. The van der Waals surface area contributed by atoms with Gasteiger partial charge >= 0.3 is 0 Å². The molecule has 0 N–H and O–H groups in total. The van der Waals surface area contributed by atoms with Gasteiger partial charge in [-0.1, -0.05) is 198 Å². The van der Waals surface area contributed by atoms with Gasteiger partial charge in [-0.05, 0) is 144 Å². The Balaban J connectivity index is 1.04. The number of hydrogen-bond acceptors (Lipinski definition) is 4. The molecule has 2 unspecified atom stereocenters. The number of aryl methyl sites for hydroxylation is 4. The molecule has 352 valence electrons. The lowest BCUT2D eigenvalue weighted by Crippen LogP contribution is -2.38. The molecule has 0 amide bonds. The molecule has 0 bridgehead atoms. The average Bonchev–Trinajstić information content (AvgIpc) is 3.43. The quantitative estimate of drug-likeness (QED) is 0.137. The molecule has 0 aromatic heterocycles. The molecule has 12 rings (SSSR count). The van der Waals surface area contributed by atoms with Gasteiger partial charge in [0.15, 0.2) is 0 Å². The van der Waals surface area contributed by atoms with E-state index >= 15 is 0 Å². The molecule has 4 heteroatoms. The number of anilines is 4. The first-order valence-corrected chi connectivity index (χ1v) is 25.3. The Morgan fingerprint density at radius 1 is 0.419 bits per heavy atom. The number of allylic oxidation sites excluding steroid dienone is 10. The summed E-state index contributed by atoms with van der Waals surface area (Å²) >= 11 is 0. The molecular formula is C70H52N4. The van der Waals surface area contributed by atoms with E-state index < -0.39 is 0 Å². The molecule has 2 atom stereocenters. The maximum Gasteiger partial charge on any atom is 0.101 e. The van der Waals surface area contributed by atoms with Gasteiger partial charge in [0.2, 0.25) is 0 Å². The summed E-state index contributed by atoms with van der Waals surface area (Å²) in [5.41, 5.74) is 25.4. The highest BCUT2D eigenvalue weighted by Gasteiger charge is 2.41. The lowest BCUT2D eigenvalue weighted by Gasteiger charge is -2.44. The molecule has 4 nitrogen and oxygen atoms in total. The monoisotopic (exact) mass is 948 g/mol. The van der Waals surface area contributed by atoms with Crippen LogP contribution in [0.15, 0.2) is 264 Å². The summed E-state index contributed by atoms with van der Waals surface area (Å²) in [6.45, 7) is 8.55. The zero-order valence-electron chi connectivity index (χ0n) is 41.9. The minimum absolute atomic E-state index is 0.110. The van der Waals surface area contributed by atoms with Crippen molar-refractivity contribution in [3.63, 3.8) is 0 Å². The fraction of sp³-hybridized carbons (Fsp3) is 0.0857. The van der Waals surface area contributed by atoms with Crippen LogP contribution in [0.2, 0.25) is 0 Å². The first-order chi connectivity index (χ1) is 36.2. The van der Waals surface area contributed by atoms with Crippen LogP contribution in [-0.2, 0) is 0 Å². The zero-order chi connectivity index (χ0) is 50.5. The van der Waals surface area contributed by atoms with Crippen molar-refractivity contribution in [2.75, 3.05) is 9.80 Å². The molecule has 0 heterocycles. The summed E-state index contributed by atoms with van der Waals surface area (Å²) in [6, 6.07) is 69.2. The summed E-state index contributed by atoms with van der Waals surface area (Å²) in [5.74, 6) is -0.110. The van der Waals surface area contributed by atoms with Crippen LogP contribution in [0.4, 0.5) is 22.7 Å². The van der Waals surface area contributed by atoms with Crippen molar-refractivity contribution in [2.45, 2.75) is 33.7 Å². The third-order valence-corrected chi connectivity index (χ3v) is 14.9. The standard InChI is InChI=1S/C70H52N4/c1-45-13-9-19-51(37-45)53-29-35-67(61(41-53)55-21-11-15-47(3)39-55)73(63-23-7-5-17-57(63)43-71)65-33-27-49-26-32-60-66(34-28-50-25-31-59(65)69(49)70(50)60)74(64-24-8-6-18-58(64)44-72)68-36-30-54(52-20-10-14-46(2)38-52)42-62(68)56-22-12-16-48(4)40-56/h5-42,65,70H,1-4H3. The topological polar surface area (TPSA) is 54.1 Å².